The van der Waals surface area contributed by atoms with E-state index in [1.165, 1.54) is 16.7 Å². The number of rotatable bonds is 8. The molecule has 4 nitrogen and oxygen atoms in total. The minimum atomic E-state index is -0.604. The van der Waals surface area contributed by atoms with E-state index in [1.807, 2.05) is 6.07 Å². The number of hydrogen-bond donors (Lipinski definition) is 0. The zero-order chi connectivity index (χ0) is 86.7. The van der Waals surface area contributed by atoms with E-state index in [2.05, 4.69) is 388 Å². The fraction of sp³-hybridized carbons (Fsp3) is 0.143. The maximum atomic E-state index is 10.1. The summed E-state index contributed by atoms with van der Waals surface area (Å²) in [4.78, 5) is 5.22. The van der Waals surface area contributed by atoms with Crippen molar-refractivity contribution in [3.8, 4) is 61.3 Å². The Bertz CT molecular complexity index is 7630. The highest BCUT2D eigenvalue weighted by Gasteiger charge is 2.48. The Hall–Kier alpha value is -13.2. The molecule has 564 valence electrons. The average Bonchev–Trinajstić information content (AvgIpc) is 1.65. The maximum absolute atomic E-state index is 10.1. The topological polar surface area (TPSA) is 15.8 Å². The number of anilines is 6. The lowest BCUT2D eigenvalue weighted by Gasteiger charge is -2.46. The van der Waals surface area contributed by atoms with Gasteiger partial charge in [0.25, 0.3) is 6.71 Å². The molecule has 0 atom stereocenters. The third-order valence-corrected chi connectivity index (χ3v) is 24.9. The molecule has 0 saturated carbocycles. The Morgan fingerprint density at radius 3 is 1.15 bits per heavy atom. The van der Waals surface area contributed by atoms with Gasteiger partial charge in [-0.05, 0) is 182 Å². The summed E-state index contributed by atoms with van der Waals surface area (Å²) in [5, 5.41) is 8.47. The Labute approximate surface area is 698 Å². The van der Waals surface area contributed by atoms with Gasteiger partial charge in [0.1, 0.15) is 0 Å². The minimum Gasteiger partial charge on any atom is -0.310 e. The molecule has 3 aromatic heterocycles. The molecule has 19 aromatic rings. The number of benzene rings is 16. The van der Waals surface area contributed by atoms with Gasteiger partial charge in [0, 0.05) is 77.3 Å². The van der Waals surface area contributed by atoms with Crippen molar-refractivity contribution < 1.29 is 11.0 Å². The van der Waals surface area contributed by atoms with Crippen molar-refractivity contribution in [2.45, 2.75) is 105 Å². The Kier molecular flexibility index (Phi) is 14.4. The first kappa shape index (κ1) is 63.1. The Balaban J connectivity index is 1.06. The van der Waals surface area contributed by atoms with E-state index in [0.717, 1.165) is 171 Å². The van der Waals surface area contributed by atoms with Crippen LogP contribution < -0.4 is 26.2 Å². The van der Waals surface area contributed by atoms with Crippen LogP contribution in [0, 0.1) is 0 Å². The standard InChI is InChI=1S/C112H93BN4/c1-109(2,3)76-60-75(61-77(63-76)110(4,5)6)74-56-58-94-99(62-74)116(106-90(70-36-17-13-18-37-70)64-78(111(7,8)9)65-91(106)71-38-19-14-20-39-71)102-69-101-103(89-52-35-51-88-84-47-28-26-45-82(84)81-44-25-27-46-83(81)85-48-29-34-55-98(85)115(101)105(88)89)108-104(102)113(94)95-59-57-80(114-96-53-32-30-49-86(96)87-50-31-33-54-97(87)114)68-100(95)117(108)107-92(72-40-21-15-22-41-72)66-79(112(10,11)12)67-93(107)73-42-23-16-24-43-73/h13-69H,1-12H3/i30D,31D,32D,33D,49D,50D,53D,54D. The van der Waals surface area contributed by atoms with E-state index in [1.54, 1.807) is 4.57 Å². The average molecular weight is 1510 g/mol. The smallest absolute Gasteiger partial charge is 0.252 e. The summed E-state index contributed by atoms with van der Waals surface area (Å²) in [5.74, 6) is 0. The van der Waals surface area contributed by atoms with Gasteiger partial charge < -0.3 is 18.8 Å². The van der Waals surface area contributed by atoms with Crippen molar-refractivity contribution >= 4 is 139 Å². The van der Waals surface area contributed by atoms with Crippen LogP contribution in [0.3, 0.4) is 0 Å². The molecule has 0 bridgehead atoms. The van der Waals surface area contributed by atoms with Gasteiger partial charge in [0.05, 0.1) is 55.6 Å². The van der Waals surface area contributed by atoms with E-state index in [9.17, 15) is 11.0 Å². The first-order chi connectivity index (χ1) is 59.9. The second-order valence-corrected chi connectivity index (χ2v) is 36.2. The normalized spacial score (nSPS) is 14.0. The SMILES string of the molecule is [2H]c1c([2H])c([2H])c2c(c1[2H])c1c([2H])c([2H])c([2H])c([2H])c1n2-c1ccc2c(c1)N(c1c(-c3ccccc3)cc(C(C)(C)C)cc1-c1ccccc1)c1c3c(cc4c1c1cccc5c6ccccc6c6ccccc6c6ccccc6n4c51)N(c1c(-c4ccccc4)cc(C(C)(C)C)cc1-c1ccccc1)c1cc(-c4cc(C(C)(C)C)cc(C(C)(C)C)c4)ccc1B23. The monoisotopic (exact) mass is 1510 g/mol. The molecule has 0 saturated heterocycles. The highest BCUT2D eigenvalue weighted by atomic mass is 15.2. The molecule has 16 aromatic carbocycles. The zero-order valence-corrected chi connectivity index (χ0v) is 68.2. The quantitative estimate of drug-likeness (QED) is 0.141. The molecule has 0 N–H and O–H groups in total. The number of nitrogens with zero attached hydrogens (tertiary/aromatic N) is 4. The molecule has 5 heterocycles. The summed E-state index contributed by atoms with van der Waals surface area (Å²) in [6.07, 6.45) is 0. The van der Waals surface area contributed by atoms with Crippen LogP contribution in [0.5, 0.6) is 0 Å². The van der Waals surface area contributed by atoms with Crippen LogP contribution in [0.2, 0.25) is 0 Å². The van der Waals surface area contributed by atoms with Crippen LogP contribution in [-0.2, 0) is 21.7 Å². The maximum Gasteiger partial charge on any atom is 0.252 e. The first-order valence-electron chi connectivity index (χ1n) is 45.0. The molecule has 5 heteroatoms. The minimum absolute atomic E-state index is 0.000980. The summed E-state index contributed by atoms with van der Waals surface area (Å²) >= 11 is 0. The fourth-order valence-electron chi connectivity index (χ4n) is 19.0. The van der Waals surface area contributed by atoms with Crippen LogP contribution in [0.25, 0.3) is 143 Å². The third kappa shape index (κ3) is 11.5. The van der Waals surface area contributed by atoms with E-state index in [4.69, 9.17) is 0 Å². The molecule has 21 rings (SSSR count). The predicted octanol–water partition coefficient (Wildman–Crippen LogP) is 29.0. The van der Waals surface area contributed by atoms with Crippen LogP contribution in [0.4, 0.5) is 34.1 Å². The van der Waals surface area contributed by atoms with Gasteiger partial charge in [0.15, 0.2) is 0 Å². The fourth-order valence-corrected chi connectivity index (χ4v) is 19.0. The summed E-state index contributed by atoms with van der Waals surface area (Å²) in [7, 11) is 0. The van der Waals surface area contributed by atoms with Crippen molar-refractivity contribution in [2.24, 2.45) is 0 Å². The Morgan fingerprint density at radius 1 is 0.265 bits per heavy atom. The molecule has 2 aliphatic rings. The summed E-state index contributed by atoms with van der Waals surface area (Å²) in [6, 6.07) is 107. The largest absolute Gasteiger partial charge is 0.310 e. The molecule has 0 spiro atoms. The van der Waals surface area contributed by atoms with Gasteiger partial charge in [-0.15, -0.1) is 0 Å². The molecular weight excluding hydrogens is 1410 g/mol. The molecule has 0 amide bonds. The molecule has 117 heavy (non-hydrogen) atoms. The number of para-hydroxylation sites is 4. The molecular formula is C112H93BN4. The third-order valence-electron chi connectivity index (χ3n) is 24.9. The number of hydrogen-bond acceptors (Lipinski definition) is 2. The zero-order valence-electron chi connectivity index (χ0n) is 76.2. The van der Waals surface area contributed by atoms with Crippen molar-refractivity contribution in [1.82, 2.24) is 8.97 Å². The number of aromatic nitrogens is 2. The first-order valence-corrected chi connectivity index (χ1v) is 41.0. The summed E-state index contributed by atoms with van der Waals surface area (Å²) in [5.41, 5.74) is 25.6. The molecule has 0 unspecified atom stereocenters. The lowest BCUT2D eigenvalue weighted by molar-refractivity contribution is 0.569. The Morgan fingerprint density at radius 2 is 0.658 bits per heavy atom. The van der Waals surface area contributed by atoms with Crippen LogP contribution in [0.1, 0.15) is 116 Å². The number of fused-ring (bicyclic) bond motifs is 18. The van der Waals surface area contributed by atoms with Gasteiger partial charge in [0.2, 0.25) is 0 Å². The van der Waals surface area contributed by atoms with Crippen molar-refractivity contribution in [3.63, 3.8) is 0 Å². The van der Waals surface area contributed by atoms with Gasteiger partial charge in [-0.25, -0.2) is 0 Å². The van der Waals surface area contributed by atoms with Crippen molar-refractivity contribution in [2.75, 3.05) is 9.80 Å². The second kappa shape index (κ2) is 26.7. The van der Waals surface area contributed by atoms with Gasteiger partial charge >= 0.3 is 0 Å². The molecule has 0 radical (unpaired) electrons. The predicted molar refractivity (Wildman–Crippen MR) is 504 cm³/mol. The van der Waals surface area contributed by atoms with Crippen LogP contribution in [-0.4, -0.2) is 15.7 Å². The van der Waals surface area contributed by atoms with Crippen molar-refractivity contribution in [3.05, 3.63) is 368 Å². The molecule has 0 aliphatic carbocycles. The van der Waals surface area contributed by atoms with Crippen molar-refractivity contribution in [1.29, 1.82) is 0 Å². The molecule has 2 aliphatic heterocycles. The van der Waals surface area contributed by atoms with Crippen LogP contribution >= 0.6 is 0 Å². The highest BCUT2D eigenvalue weighted by molar-refractivity contribution is 7.00. The van der Waals surface area contributed by atoms with E-state index >= 15 is 0 Å². The highest BCUT2D eigenvalue weighted by Crippen LogP contribution is 2.58. The second-order valence-electron chi connectivity index (χ2n) is 36.2. The van der Waals surface area contributed by atoms with Gasteiger partial charge in [-0.3, -0.25) is 0 Å². The summed E-state index contributed by atoms with van der Waals surface area (Å²) < 4.78 is 81.8. The van der Waals surface area contributed by atoms with Gasteiger partial charge in [-0.2, -0.15) is 0 Å². The lowest BCUT2D eigenvalue weighted by atomic mass is 9.33. The van der Waals surface area contributed by atoms with E-state index in [0.29, 0.717) is 5.69 Å². The van der Waals surface area contributed by atoms with Crippen LogP contribution in [0.15, 0.2) is 346 Å². The molecule has 0 fully saturated rings. The lowest BCUT2D eigenvalue weighted by Crippen LogP contribution is -2.61. The van der Waals surface area contributed by atoms with Gasteiger partial charge in [-0.1, -0.05) is 362 Å². The van der Waals surface area contributed by atoms with E-state index < -0.39 is 48.4 Å². The van der Waals surface area contributed by atoms with E-state index in [-0.39, 0.29) is 50.1 Å². The summed E-state index contributed by atoms with van der Waals surface area (Å²) in [6.45, 7) is 27.0.